The Kier molecular flexibility index (Phi) is 5.42. The van der Waals surface area contributed by atoms with Crippen molar-refractivity contribution in [3.8, 4) is 0 Å². The van der Waals surface area contributed by atoms with Gasteiger partial charge < -0.3 is 25.1 Å². The molecule has 2 aromatic rings. The van der Waals surface area contributed by atoms with Crippen LogP contribution in [0.3, 0.4) is 0 Å². The number of ether oxygens (including phenoxy) is 2. The minimum absolute atomic E-state index is 0.0327. The van der Waals surface area contributed by atoms with E-state index >= 15 is 0 Å². The molecule has 0 radical (unpaired) electrons. The second-order valence-corrected chi connectivity index (χ2v) is 7.33. The molecule has 0 saturated carbocycles. The molecule has 4 rings (SSSR count). The van der Waals surface area contributed by atoms with Crippen LogP contribution in [-0.4, -0.2) is 45.7 Å². The number of amides is 1. The van der Waals surface area contributed by atoms with Crippen LogP contribution in [0.25, 0.3) is 0 Å². The van der Waals surface area contributed by atoms with E-state index in [9.17, 15) is 19.7 Å². The molecule has 3 heterocycles. The third kappa shape index (κ3) is 3.75. The van der Waals surface area contributed by atoms with Gasteiger partial charge in [0.25, 0.3) is 11.6 Å². The number of primary amides is 1. The molecule has 0 bridgehead atoms. The van der Waals surface area contributed by atoms with Gasteiger partial charge in [0.05, 0.1) is 28.5 Å². The average Bonchev–Trinajstić information content (AvgIpc) is 3.40. The molecule has 1 fully saturated rings. The monoisotopic (exact) mass is 427 g/mol. The minimum atomic E-state index is -0.935. The van der Waals surface area contributed by atoms with Crippen LogP contribution in [0.1, 0.15) is 41.9 Å². The summed E-state index contributed by atoms with van der Waals surface area (Å²) in [5, 5.41) is 14.7. The van der Waals surface area contributed by atoms with Crippen molar-refractivity contribution in [1.82, 2.24) is 9.55 Å². The van der Waals surface area contributed by atoms with E-state index in [1.54, 1.807) is 25.1 Å². The van der Waals surface area contributed by atoms with Gasteiger partial charge >= 0.3 is 5.97 Å². The summed E-state index contributed by atoms with van der Waals surface area (Å²) in [6, 6.07) is 5.16. The third-order valence-corrected chi connectivity index (χ3v) is 5.36. The number of anilines is 1. The van der Waals surface area contributed by atoms with Crippen molar-refractivity contribution < 1.29 is 24.0 Å². The Bertz CT molecular complexity index is 1090. The van der Waals surface area contributed by atoms with Gasteiger partial charge in [-0.2, -0.15) is 0 Å². The minimum Gasteiger partial charge on any atom is -0.459 e. The van der Waals surface area contributed by atoms with Crippen LogP contribution in [0.4, 0.5) is 11.5 Å². The van der Waals surface area contributed by atoms with E-state index in [1.165, 1.54) is 17.0 Å². The number of hydrogen-bond donors (Lipinski definition) is 2. The number of hydrogen-bond acceptors (Lipinski definition) is 8. The number of nitrogens with two attached hydrogens (primary N) is 1. The number of esters is 1. The summed E-state index contributed by atoms with van der Waals surface area (Å²) in [7, 11) is 0. The third-order valence-electron chi connectivity index (χ3n) is 5.36. The lowest BCUT2D eigenvalue weighted by Gasteiger charge is -2.30. The molecule has 1 amide bonds. The molecular weight excluding hydrogens is 406 g/mol. The molecule has 3 N–H and O–H groups in total. The van der Waals surface area contributed by atoms with E-state index in [1.807, 2.05) is 0 Å². The number of para-hydroxylation sites is 1. The number of nitrogens with zero attached hydrogens (tertiary/aromatic N) is 3. The Balaban J connectivity index is 1.79. The van der Waals surface area contributed by atoms with E-state index < -0.39 is 22.8 Å². The molecule has 162 valence electrons. The zero-order chi connectivity index (χ0) is 22.1. The fourth-order valence-electron chi connectivity index (χ4n) is 3.93. The number of carbonyl (C=O) groups is 2. The predicted octanol–water partition coefficient (Wildman–Crippen LogP) is 1.90. The van der Waals surface area contributed by atoms with Gasteiger partial charge in [0, 0.05) is 18.4 Å². The summed E-state index contributed by atoms with van der Waals surface area (Å²) in [5.74, 6) is -1.15. The fourth-order valence-corrected chi connectivity index (χ4v) is 3.93. The molecule has 11 heteroatoms. The number of benzene rings is 1. The maximum atomic E-state index is 13.1. The second kappa shape index (κ2) is 8.19. The number of carbonyl (C=O) groups excluding carboxylic acids is 2. The molecule has 2 aliphatic heterocycles. The summed E-state index contributed by atoms with van der Waals surface area (Å²) in [4.78, 5) is 40.1. The molecular formula is C20H21N5O6. The summed E-state index contributed by atoms with van der Waals surface area (Å²) in [5.41, 5.74) is 6.03. The zero-order valence-electron chi connectivity index (χ0n) is 16.7. The maximum absolute atomic E-state index is 13.1. The summed E-state index contributed by atoms with van der Waals surface area (Å²) in [6.45, 7) is 2.34. The van der Waals surface area contributed by atoms with Gasteiger partial charge in [0.15, 0.2) is 5.69 Å². The van der Waals surface area contributed by atoms with Crippen molar-refractivity contribution in [2.24, 2.45) is 5.73 Å². The highest BCUT2D eigenvalue weighted by atomic mass is 16.6. The van der Waals surface area contributed by atoms with Crippen LogP contribution in [0, 0.1) is 10.1 Å². The van der Waals surface area contributed by atoms with Crippen LogP contribution in [0.2, 0.25) is 0 Å². The summed E-state index contributed by atoms with van der Waals surface area (Å²) in [6.07, 6.45) is 2.85. The zero-order valence-corrected chi connectivity index (χ0v) is 16.7. The fraction of sp³-hybridized carbons (Fsp3) is 0.350. The van der Waals surface area contributed by atoms with Crippen LogP contribution >= 0.6 is 0 Å². The number of nitro groups is 1. The van der Waals surface area contributed by atoms with Gasteiger partial charge in [-0.15, -0.1) is 0 Å². The van der Waals surface area contributed by atoms with Crippen molar-refractivity contribution in [3.63, 3.8) is 0 Å². The first-order valence-corrected chi connectivity index (χ1v) is 9.75. The van der Waals surface area contributed by atoms with Crippen LogP contribution in [-0.2, 0) is 14.3 Å². The normalized spacial score (nSPS) is 20.2. The van der Waals surface area contributed by atoms with Crippen molar-refractivity contribution in [2.45, 2.75) is 31.9 Å². The number of fused-ring (bicyclic) bond motifs is 1. The Hall–Kier alpha value is -3.73. The van der Waals surface area contributed by atoms with Gasteiger partial charge in [-0.25, -0.2) is 9.78 Å². The van der Waals surface area contributed by atoms with Crippen molar-refractivity contribution >= 4 is 23.4 Å². The Morgan fingerprint density at radius 2 is 2.19 bits per heavy atom. The van der Waals surface area contributed by atoms with Gasteiger partial charge in [0.2, 0.25) is 0 Å². The molecule has 2 atom stereocenters. The van der Waals surface area contributed by atoms with E-state index in [4.69, 9.17) is 15.2 Å². The first-order chi connectivity index (χ1) is 14.9. The van der Waals surface area contributed by atoms with E-state index in [2.05, 4.69) is 10.3 Å². The van der Waals surface area contributed by atoms with Crippen LogP contribution in [0.15, 0.2) is 41.9 Å². The van der Waals surface area contributed by atoms with Gasteiger partial charge in [-0.05, 0) is 25.8 Å². The number of rotatable bonds is 6. The molecule has 2 aliphatic rings. The Morgan fingerprint density at radius 1 is 1.42 bits per heavy atom. The smallest absolute Gasteiger partial charge is 0.338 e. The molecule has 11 nitrogen and oxygen atoms in total. The molecule has 1 aromatic heterocycles. The SMILES string of the molecule is CC1=C(C(=O)OC[C@H]2CCCO2)[C@H](c2ccccc2[N+](=O)[O-])n2cnc(C(N)=O)c2N1. The Labute approximate surface area is 177 Å². The summed E-state index contributed by atoms with van der Waals surface area (Å²) >= 11 is 0. The summed E-state index contributed by atoms with van der Waals surface area (Å²) < 4.78 is 12.5. The molecule has 1 saturated heterocycles. The lowest BCUT2D eigenvalue weighted by molar-refractivity contribution is -0.385. The molecule has 0 aliphatic carbocycles. The first kappa shape index (κ1) is 20.5. The van der Waals surface area contributed by atoms with Gasteiger partial charge in [-0.3, -0.25) is 14.9 Å². The van der Waals surface area contributed by atoms with Crippen LogP contribution < -0.4 is 11.1 Å². The van der Waals surface area contributed by atoms with Crippen molar-refractivity contribution in [2.75, 3.05) is 18.5 Å². The predicted molar refractivity (Wildman–Crippen MR) is 108 cm³/mol. The highest BCUT2D eigenvalue weighted by Crippen LogP contribution is 2.41. The Morgan fingerprint density at radius 3 is 2.87 bits per heavy atom. The lowest BCUT2D eigenvalue weighted by Crippen LogP contribution is -2.31. The largest absolute Gasteiger partial charge is 0.459 e. The highest BCUT2D eigenvalue weighted by Gasteiger charge is 2.38. The topological polar surface area (TPSA) is 152 Å². The highest BCUT2D eigenvalue weighted by molar-refractivity contribution is 5.98. The van der Waals surface area contributed by atoms with Gasteiger partial charge in [-0.1, -0.05) is 12.1 Å². The molecule has 0 unspecified atom stereocenters. The van der Waals surface area contributed by atoms with Crippen molar-refractivity contribution in [3.05, 3.63) is 63.2 Å². The molecule has 0 spiro atoms. The lowest BCUT2D eigenvalue weighted by atomic mass is 9.93. The van der Waals surface area contributed by atoms with Gasteiger partial charge in [0.1, 0.15) is 18.5 Å². The van der Waals surface area contributed by atoms with E-state index in [-0.39, 0.29) is 41.0 Å². The van der Waals surface area contributed by atoms with E-state index in [0.717, 1.165) is 12.8 Å². The first-order valence-electron chi connectivity index (χ1n) is 9.75. The molecule has 1 aromatic carbocycles. The van der Waals surface area contributed by atoms with Crippen molar-refractivity contribution in [1.29, 1.82) is 0 Å². The van der Waals surface area contributed by atoms with Crippen LogP contribution in [0.5, 0.6) is 0 Å². The maximum Gasteiger partial charge on any atom is 0.338 e. The number of nitro benzene ring substituents is 1. The van der Waals surface area contributed by atoms with E-state index in [0.29, 0.717) is 12.3 Å². The number of imidazole rings is 1. The average molecular weight is 427 g/mol. The number of nitrogens with one attached hydrogen (secondary N) is 1. The number of aromatic nitrogens is 2. The standard InChI is InChI=1S/C20H21N5O6/c1-11-15(20(27)31-9-12-5-4-8-30-12)17(13-6-2-3-7-14(13)25(28)29)24-10-22-16(18(21)26)19(24)23-11/h2-3,6-7,10,12,17,23H,4-5,8-9H2,1H3,(H2,21,26)/t12-,17+/m1/s1. The second-order valence-electron chi connectivity index (χ2n) is 7.33. The number of allylic oxidation sites excluding steroid dienone is 1. The quantitative estimate of drug-likeness (QED) is 0.403. The molecule has 31 heavy (non-hydrogen) atoms.